The number of halogens is 1. The van der Waals surface area contributed by atoms with E-state index in [0.29, 0.717) is 5.56 Å². The zero-order valence-electron chi connectivity index (χ0n) is 13.5. The molecule has 2 aromatic carbocycles. The Morgan fingerprint density at radius 2 is 1.71 bits per heavy atom. The van der Waals surface area contributed by atoms with Gasteiger partial charge in [0, 0.05) is 11.7 Å². The number of hydrogen-bond acceptors (Lipinski definition) is 1. The summed E-state index contributed by atoms with van der Waals surface area (Å²) < 4.78 is 13.7. The summed E-state index contributed by atoms with van der Waals surface area (Å²) in [4.78, 5) is 0. The maximum Gasteiger partial charge on any atom is 0.126 e. The molecule has 112 valence electrons. The second-order valence-electron chi connectivity index (χ2n) is 6.67. The zero-order valence-corrected chi connectivity index (χ0v) is 13.5. The van der Waals surface area contributed by atoms with Crippen LogP contribution in [-0.2, 0) is 5.41 Å². The number of anilines is 1. The van der Waals surface area contributed by atoms with Crippen molar-refractivity contribution in [1.29, 1.82) is 0 Å². The highest BCUT2D eigenvalue weighted by Crippen LogP contribution is 2.31. The number of rotatable bonds is 3. The topological polar surface area (TPSA) is 12.0 Å². The van der Waals surface area contributed by atoms with E-state index in [9.17, 15) is 4.39 Å². The van der Waals surface area contributed by atoms with E-state index in [0.717, 1.165) is 11.3 Å². The Balaban J connectivity index is 2.27. The molecule has 1 N–H and O–H groups in total. The lowest BCUT2D eigenvalue weighted by atomic mass is 9.85. The molecule has 0 heterocycles. The number of para-hydroxylation sites is 1. The monoisotopic (exact) mass is 285 g/mol. The second kappa shape index (κ2) is 5.88. The van der Waals surface area contributed by atoms with E-state index in [1.165, 1.54) is 5.56 Å². The molecule has 0 bridgehead atoms. The van der Waals surface area contributed by atoms with E-state index in [1.807, 2.05) is 18.2 Å². The third-order valence-corrected chi connectivity index (χ3v) is 3.80. The van der Waals surface area contributed by atoms with Crippen molar-refractivity contribution in [3.05, 3.63) is 65.0 Å². The highest BCUT2D eigenvalue weighted by Gasteiger charge is 2.18. The summed E-state index contributed by atoms with van der Waals surface area (Å²) >= 11 is 0. The lowest BCUT2D eigenvalue weighted by Crippen LogP contribution is -2.16. The Hall–Kier alpha value is -1.83. The SMILES string of the molecule is Cc1ccc(C(C)Nc2ccccc2C(C)(C)C)cc1F. The lowest BCUT2D eigenvalue weighted by molar-refractivity contribution is 0.590. The number of hydrogen-bond donors (Lipinski definition) is 1. The largest absolute Gasteiger partial charge is 0.378 e. The van der Waals surface area contributed by atoms with E-state index in [2.05, 4.69) is 51.2 Å². The summed E-state index contributed by atoms with van der Waals surface area (Å²) in [6, 6.07) is 13.8. The van der Waals surface area contributed by atoms with Gasteiger partial charge in [-0.05, 0) is 48.1 Å². The number of nitrogens with one attached hydrogen (secondary N) is 1. The van der Waals surface area contributed by atoms with Crippen molar-refractivity contribution in [2.75, 3.05) is 5.32 Å². The van der Waals surface area contributed by atoms with Crippen LogP contribution in [0.4, 0.5) is 10.1 Å². The molecule has 1 atom stereocenters. The van der Waals surface area contributed by atoms with Gasteiger partial charge in [0.25, 0.3) is 0 Å². The Morgan fingerprint density at radius 3 is 2.33 bits per heavy atom. The van der Waals surface area contributed by atoms with Gasteiger partial charge in [-0.25, -0.2) is 4.39 Å². The normalized spacial score (nSPS) is 13.0. The van der Waals surface area contributed by atoms with Crippen molar-refractivity contribution in [1.82, 2.24) is 0 Å². The molecule has 0 radical (unpaired) electrons. The summed E-state index contributed by atoms with van der Waals surface area (Å²) in [6.07, 6.45) is 0. The molecule has 0 aliphatic rings. The van der Waals surface area contributed by atoms with E-state index < -0.39 is 0 Å². The van der Waals surface area contributed by atoms with Gasteiger partial charge < -0.3 is 5.32 Å². The van der Waals surface area contributed by atoms with Crippen LogP contribution in [0.3, 0.4) is 0 Å². The molecule has 2 heteroatoms. The van der Waals surface area contributed by atoms with E-state index in [-0.39, 0.29) is 17.3 Å². The van der Waals surface area contributed by atoms with Crippen molar-refractivity contribution in [2.45, 2.75) is 46.1 Å². The molecule has 0 aliphatic carbocycles. The van der Waals surface area contributed by atoms with Crippen LogP contribution < -0.4 is 5.32 Å². The first-order chi connectivity index (χ1) is 9.79. The summed E-state index contributed by atoms with van der Waals surface area (Å²) in [5, 5.41) is 3.51. The molecule has 1 nitrogen and oxygen atoms in total. The highest BCUT2D eigenvalue weighted by molar-refractivity contribution is 5.55. The molecule has 2 aromatic rings. The fourth-order valence-electron chi connectivity index (χ4n) is 2.46. The maximum absolute atomic E-state index is 13.7. The van der Waals surface area contributed by atoms with Crippen LogP contribution in [-0.4, -0.2) is 0 Å². The average Bonchev–Trinajstić information content (AvgIpc) is 2.41. The molecule has 2 rings (SSSR count). The van der Waals surface area contributed by atoms with Crippen LogP contribution in [0.2, 0.25) is 0 Å². The smallest absolute Gasteiger partial charge is 0.126 e. The van der Waals surface area contributed by atoms with E-state index in [1.54, 1.807) is 13.0 Å². The van der Waals surface area contributed by atoms with Gasteiger partial charge in [-0.2, -0.15) is 0 Å². The highest BCUT2D eigenvalue weighted by atomic mass is 19.1. The van der Waals surface area contributed by atoms with Crippen molar-refractivity contribution in [3.63, 3.8) is 0 Å². The molecule has 0 saturated heterocycles. The van der Waals surface area contributed by atoms with Gasteiger partial charge >= 0.3 is 0 Å². The van der Waals surface area contributed by atoms with Crippen molar-refractivity contribution in [3.8, 4) is 0 Å². The first kappa shape index (κ1) is 15.6. The van der Waals surface area contributed by atoms with Gasteiger partial charge in [0.1, 0.15) is 5.82 Å². The summed E-state index contributed by atoms with van der Waals surface area (Å²) in [5.74, 6) is -0.148. The summed E-state index contributed by atoms with van der Waals surface area (Å²) in [7, 11) is 0. The van der Waals surface area contributed by atoms with E-state index in [4.69, 9.17) is 0 Å². The fraction of sp³-hybridized carbons (Fsp3) is 0.368. The Morgan fingerprint density at radius 1 is 1.05 bits per heavy atom. The molecule has 0 amide bonds. The first-order valence-electron chi connectivity index (χ1n) is 7.41. The van der Waals surface area contributed by atoms with Gasteiger partial charge in [0.05, 0.1) is 0 Å². The predicted molar refractivity (Wildman–Crippen MR) is 88.3 cm³/mol. The first-order valence-corrected chi connectivity index (χ1v) is 7.41. The molecule has 0 fully saturated rings. The van der Waals surface area contributed by atoms with Gasteiger partial charge in [-0.15, -0.1) is 0 Å². The van der Waals surface area contributed by atoms with Crippen LogP contribution in [0.5, 0.6) is 0 Å². The predicted octanol–water partition coefficient (Wildman–Crippen LogP) is 5.60. The van der Waals surface area contributed by atoms with Crippen LogP contribution in [0.15, 0.2) is 42.5 Å². The summed E-state index contributed by atoms with van der Waals surface area (Å²) in [6.45, 7) is 10.4. The van der Waals surface area contributed by atoms with Crippen molar-refractivity contribution < 1.29 is 4.39 Å². The number of aryl methyl sites for hydroxylation is 1. The minimum absolute atomic E-state index is 0.0589. The Bertz CT molecular complexity index is 626. The quantitative estimate of drug-likeness (QED) is 0.773. The van der Waals surface area contributed by atoms with Gasteiger partial charge in [0.2, 0.25) is 0 Å². The van der Waals surface area contributed by atoms with Crippen LogP contribution in [0.25, 0.3) is 0 Å². The molecular weight excluding hydrogens is 261 g/mol. The minimum atomic E-state index is -0.148. The molecule has 0 aliphatic heterocycles. The fourth-order valence-corrected chi connectivity index (χ4v) is 2.46. The van der Waals surface area contributed by atoms with Crippen molar-refractivity contribution in [2.24, 2.45) is 0 Å². The van der Waals surface area contributed by atoms with Gasteiger partial charge in [-0.1, -0.05) is 51.1 Å². The minimum Gasteiger partial charge on any atom is -0.378 e. The zero-order chi connectivity index (χ0) is 15.6. The average molecular weight is 285 g/mol. The van der Waals surface area contributed by atoms with Crippen molar-refractivity contribution >= 4 is 5.69 Å². The molecule has 0 saturated carbocycles. The summed E-state index contributed by atoms with van der Waals surface area (Å²) in [5.41, 5.74) is 4.09. The van der Waals surface area contributed by atoms with Crippen LogP contribution in [0.1, 0.15) is 50.4 Å². The Labute approximate surface area is 127 Å². The third-order valence-electron chi connectivity index (χ3n) is 3.80. The lowest BCUT2D eigenvalue weighted by Gasteiger charge is -2.26. The standard InChI is InChI=1S/C19H24FN/c1-13-10-11-15(12-17(13)20)14(2)21-18-9-7-6-8-16(18)19(3,4)5/h6-12,14,21H,1-5H3. The maximum atomic E-state index is 13.7. The molecular formula is C19H24FN. The van der Waals surface area contributed by atoms with Crippen LogP contribution in [0, 0.1) is 12.7 Å². The Kier molecular flexibility index (Phi) is 4.36. The molecule has 0 spiro atoms. The van der Waals surface area contributed by atoms with E-state index >= 15 is 0 Å². The molecule has 0 aromatic heterocycles. The second-order valence-corrected chi connectivity index (χ2v) is 6.67. The van der Waals surface area contributed by atoms with Gasteiger partial charge in [0.15, 0.2) is 0 Å². The molecule has 1 unspecified atom stereocenters. The van der Waals surface area contributed by atoms with Crippen LogP contribution >= 0.6 is 0 Å². The van der Waals surface area contributed by atoms with Gasteiger partial charge in [-0.3, -0.25) is 0 Å². The third kappa shape index (κ3) is 3.63. The molecule has 21 heavy (non-hydrogen) atoms. The number of benzene rings is 2.